The number of thioether (sulfide) groups is 1. The van der Waals surface area contributed by atoms with E-state index in [2.05, 4.69) is 35.4 Å². The average Bonchev–Trinajstić information content (AvgIpc) is 2.66. The van der Waals surface area contributed by atoms with Crippen LogP contribution >= 0.6 is 11.8 Å². The lowest BCUT2D eigenvalue weighted by Crippen LogP contribution is -2.27. The van der Waals surface area contributed by atoms with Crippen LogP contribution in [0.5, 0.6) is 0 Å². The number of pyridine rings is 1. The number of fused-ring (bicyclic) bond motifs is 1. The van der Waals surface area contributed by atoms with Crippen LogP contribution in [-0.2, 0) is 11.2 Å². The van der Waals surface area contributed by atoms with Gasteiger partial charge in [-0.2, -0.15) is 0 Å². The zero-order chi connectivity index (χ0) is 18.4. The molecule has 134 valence electrons. The summed E-state index contributed by atoms with van der Waals surface area (Å²) in [5.74, 6) is 1.07. The van der Waals surface area contributed by atoms with Gasteiger partial charge in [0.15, 0.2) is 0 Å². The van der Waals surface area contributed by atoms with Crippen molar-refractivity contribution in [3.05, 3.63) is 71.4 Å². The van der Waals surface area contributed by atoms with Crippen molar-refractivity contribution in [3.8, 4) is 0 Å². The van der Waals surface area contributed by atoms with Crippen LogP contribution in [0.2, 0.25) is 0 Å². The van der Waals surface area contributed by atoms with Crippen molar-refractivity contribution >= 4 is 28.6 Å². The summed E-state index contributed by atoms with van der Waals surface area (Å²) < 4.78 is 0. The fourth-order valence-corrected chi connectivity index (χ4v) is 3.93. The molecule has 3 rings (SSSR count). The van der Waals surface area contributed by atoms with Crippen LogP contribution in [0.15, 0.2) is 59.5 Å². The summed E-state index contributed by atoms with van der Waals surface area (Å²) in [7, 11) is 0. The van der Waals surface area contributed by atoms with Gasteiger partial charge in [-0.15, -0.1) is 11.8 Å². The molecule has 0 bridgehead atoms. The van der Waals surface area contributed by atoms with Crippen LogP contribution in [0.3, 0.4) is 0 Å². The largest absolute Gasteiger partial charge is 0.356 e. The van der Waals surface area contributed by atoms with Gasteiger partial charge in [0.25, 0.3) is 0 Å². The van der Waals surface area contributed by atoms with Gasteiger partial charge in [-0.3, -0.25) is 9.78 Å². The Bertz CT molecular complexity index is 893. The van der Waals surface area contributed by atoms with Crippen molar-refractivity contribution in [1.82, 2.24) is 10.3 Å². The minimum atomic E-state index is 0.0676. The van der Waals surface area contributed by atoms with E-state index in [1.165, 1.54) is 4.90 Å². The first-order valence-corrected chi connectivity index (χ1v) is 9.93. The van der Waals surface area contributed by atoms with E-state index < -0.39 is 0 Å². The van der Waals surface area contributed by atoms with Crippen molar-refractivity contribution in [3.63, 3.8) is 0 Å². The molecule has 1 heterocycles. The van der Waals surface area contributed by atoms with Crippen molar-refractivity contribution in [1.29, 1.82) is 0 Å². The first kappa shape index (κ1) is 18.5. The summed E-state index contributed by atoms with van der Waals surface area (Å²) in [5, 5.41) is 4.17. The van der Waals surface area contributed by atoms with Crippen LogP contribution < -0.4 is 5.32 Å². The molecule has 3 aromatic rings. The number of carbonyl (C=O) groups excluding carboxylic acids is 1. The SMILES string of the molecule is Cc1nc2ccccc2c(C)c1CC(=O)NCCCSc1ccccc1. The number of carbonyl (C=O) groups is 1. The summed E-state index contributed by atoms with van der Waals surface area (Å²) in [5.41, 5.74) is 4.13. The molecule has 1 N–H and O–H groups in total. The van der Waals surface area contributed by atoms with Crippen LogP contribution in [0, 0.1) is 13.8 Å². The monoisotopic (exact) mass is 364 g/mol. The second-order valence-corrected chi connectivity index (χ2v) is 7.53. The molecule has 1 aromatic heterocycles. The summed E-state index contributed by atoms with van der Waals surface area (Å²) in [6.07, 6.45) is 1.35. The zero-order valence-electron chi connectivity index (χ0n) is 15.3. The molecule has 0 aliphatic heterocycles. The topological polar surface area (TPSA) is 42.0 Å². The molecule has 0 saturated carbocycles. The van der Waals surface area contributed by atoms with Gasteiger partial charge in [0.05, 0.1) is 11.9 Å². The molecular weight excluding hydrogens is 340 g/mol. The highest BCUT2D eigenvalue weighted by Gasteiger charge is 2.12. The molecule has 26 heavy (non-hydrogen) atoms. The van der Waals surface area contributed by atoms with Gasteiger partial charge in [-0.05, 0) is 55.3 Å². The Morgan fingerprint density at radius 3 is 2.58 bits per heavy atom. The summed E-state index contributed by atoms with van der Waals surface area (Å²) >= 11 is 1.82. The lowest BCUT2D eigenvalue weighted by atomic mass is 9.99. The maximum absolute atomic E-state index is 12.3. The predicted molar refractivity (Wildman–Crippen MR) is 110 cm³/mol. The molecule has 4 heteroatoms. The fourth-order valence-electron chi connectivity index (χ4n) is 3.06. The number of nitrogens with one attached hydrogen (secondary N) is 1. The molecule has 0 radical (unpaired) electrons. The lowest BCUT2D eigenvalue weighted by Gasteiger charge is -2.12. The summed E-state index contributed by atoms with van der Waals surface area (Å²) in [4.78, 5) is 18.3. The first-order chi connectivity index (χ1) is 12.6. The Morgan fingerprint density at radius 1 is 1.04 bits per heavy atom. The van der Waals surface area contributed by atoms with E-state index >= 15 is 0 Å². The van der Waals surface area contributed by atoms with Gasteiger partial charge >= 0.3 is 0 Å². The van der Waals surface area contributed by atoms with E-state index in [4.69, 9.17) is 0 Å². The smallest absolute Gasteiger partial charge is 0.224 e. The fraction of sp³-hybridized carbons (Fsp3) is 0.273. The Morgan fingerprint density at radius 2 is 1.77 bits per heavy atom. The standard InChI is InChI=1S/C22H24N2OS/c1-16-19-11-6-7-12-21(19)24-17(2)20(16)15-22(25)23-13-8-14-26-18-9-4-3-5-10-18/h3-7,9-12H,8,13-15H2,1-2H3,(H,23,25). The minimum absolute atomic E-state index is 0.0676. The molecule has 0 atom stereocenters. The van der Waals surface area contributed by atoms with Gasteiger partial charge in [0.2, 0.25) is 5.91 Å². The van der Waals surface area contributed by atoms with E-state index in [0.717, 1.165) is 39.9 Å². The molecule has 0 unspecified atom stereocenters. The molecule has 0 aliphatic carbocycles. The number of benzene rings is 2. The molecule has 1 amide bonds. The van der Waals surface area contributed by atoms with Crippen LogP contribution in [0.4, 0.5) is 0 Å². The van der Waals surface area contributed by atoms with E-state index in [1.54, 1.807) is 0 Å². The maximum atomic E-state index is 12.3. The maximum Gasteiger partial charge on any atom is 0.224 e. The van der Waals surface area contributed by atoms with Gasteiger partial charge in [-0.25, -0.2) is 0 Å². The van der Waals surface area contributed by atoms with E-state index in [-0.39, 0.29) is 5.91 Å². The van der Waals surface area contributed by atoms with Crippen molar-refractivity contribution in [2.45, 2.75) is 31.6 Å². The molecule has 3 nitrogen and oxygen atoms in total. The minimum Gasteiger partial charge on any atom is -0.356 e. The Balaban J connectivity index is 1.51. The third-order valence-electron chi connectivity index (χ3n) is 4.48. The normalized spacial score (nSPS) is 10.8. The Labute approximate surface area is 159 Å². The van der Waals surface area contributed by atoms with E-state index in [9.17, 15) is 4.79 Å². The summed E-state index contributed by atoms with van der Waals surface area (Å²) in [6, 6.07) is 18.4. The molecule has 0 aliphatic rings. The Hall–Kier alpha value is -2.33. The van der Waals surface area contributed by atoms with Gasteiger partial charge in [0.1, 0.15) is 0 Å². The number of aryl methyl sites for hydroxylation is 2. The van der Waals surface area contributed by atoms with Crippen molar-refractivity contribution in [2.75, 3.05) is 12.3 Å². The molecule has 0 spiro atoms. The van der Waals surface area contributed by atoms with Gasteiger partial charge in [0, 0.05) is 22.5 Å². The number of aromatic nitrogens is 1. The first-order valence-electron chi connectivity index (χ1n) is 8.94. The highest BCUT2D eigenvalue weighted by molar-refractivity contribution is 7.99. The molecule has 0 fully saturated rings. The highest BCUT2D eigenvalue weighted by atomic mass is 32.2. The number of para-hydroxylation sites is 1. The van der Waals surface area contributed by atoms with Gasteiger partial charge < -0.3 is 5.32 Å². The second-order valence-electron chi connectivity index (χ2n) is 6.36. The van der Waals surface area contributed by atoms with Crippen LogP contribution in [0.25, 0.3) is 10.9 Å². The van der Waals surface area contributed by atoms with Gasteiger partial charge in [-0.1, -0.05) is 36.4 Å². The third-order valence-corrected chi connectivity index (χ3v) is 5.58. The number of nitrogens with zero attached hydrogens (tertiary/aromatic N) is 1. The van der Waals surface area contributed by atoms with Crippen LogP contribution in [0.1, 0.15) is 23.2 Å². The van der Waals surface area contributed by atoms with Crippen LogP contribution in [-0.4, -0.2) is 23.2 Å². The lowest BCUT2D eigenvalue weighted by molar-refractivity contribution is -0.120. The molecule has 2 aromatic carbocycles. The Kier molecular flexibility index (Phi) is 6.29. The number of hydrogen-bond donors (Lipinski definition) is 1. The highest BCUT2D eigenvalue weighted by Crippen LogP contribution is 2.23. The zero-order valence-corrected chi connectivity index (χ0v) is 16.1. The third kappa shape index (κ3) is 4.64. The van der Waals surface area contributed by atoms with Crippen molar-refractivity contribution in [2.24, 2.45) is 0 Å². The van der Waals surface area contributed by atoms with E-state index in [1.807, 2.05) is 55.1 Å². The number of hydrogen-bond acceptors (Lipinski definition) is 3. The van der Waals surface area contributed by atoms with Crippen molar-refractivity contribution < 1.29 is 4.79 Å². The molecule has 0 saturated heterocycles. The average molecular weight is 365 g/mol. The second kappa shape index (κ2) is 8.86. The quantitative estimate of drug-likeness (QED) is 0.488. The number of rotatable bonds is 7. The summed E-state index contributed by atoms with van der Waals surface area (Å²) in [6.45, 7) is 4.77. The predicted octanol–water partition coefficient (Wildman–Crippen LogP) is 4.69. The van der Waals surface area contributed by atoms with E-state index in [0.29, 0.717) is 13.0 Å². The molecular formula is C22H24N2OS. The number of amides is 1.